The SMILES string of the molecule is CCOP(=O)(O)C(Br)(Br)P(=O)(O)O. The highest BCUT2D eigenvalue weighted by atomic mass is 79.9. The van der Waals surface area contributed by atoms with E-state index in [9.17, 15) is 9.13 Å². The zero-order valence-corrected chi connectivity index (χ0v) is 11.4. The normalized spacial score (nSPS) is 18.3. The van der Waals surface area contributed by atoms with Crippen molar-refractivity contribution in [2.75, 3.05) is 6.61 Å². The Morgan fingerprint density at radius 3 is 1.92 bits per heavy atom. The Morgan fingerprint density at radius 2 is 1.69 bits per heavy atom. The Bertz CT molecular complexity index is 271. The fraction of sp³-hybridized carbons (Fsp3) is 1.00. The van der Waals surface area contributed by atoms with Crippen molar-refractivity contribution >= 4 is 47.1 Å². The first-order valence-corrected chi connectivity index (χ1v) is 7.74. The summed E-state index contributed by atoms with van der Waals surface area (Å²) < 4.78 is 23.9. The molecule has 0 saturated carbocycles. The average molecular weight is 362 g/mol. The summed E-state index contributed by atoms with van der Waals surface area (Å²) in [5.41, 5.74) is 0. The summed E-state index contributed by atoms with van der Waals surface area (Å²) in [4.78, 5) is 26.6. The van der Waals surface area contributed by atoms with Gasteiger partial charge in [-0.2, -0.15) is 0 Å². The van der Waals surface area contributed by atoms with Gasteiger partial charge in [0, 0.05) is 0 Å². The molecule has 0 aliphatic carbocycles. The van der Waals surface area contributed by atoms with Gasteiger partial charge in [0.2, 0.25) is 0 Å². The minimum atomic E-state index is -4.82. The van der Waals surface area contributed by atoms with Crippen LogP contribution < -0.4 is 0 Å². The zero-order chi connectivity index (χ0) is 10.9. The predicted octanol–water partition coefficient (Wildman–Crippen LogP) is 1.79. The number of hydrogen-bond acceptors (Lipinski definition) is 3. The van der Waals surface area contributed by atoms with Gasteiger partial charge in [0.1, 0.15) is 0 Å². The molecule has 6 nitrogen and oxygen atoms in total. The van der Waals surface area contributed by atoms with Gasteiger partial charge >= 0.3 is 15.2 Å². The second-order valence-electron chi connectivity index (χ2n) is 1.99. The molecule has 0 aliphatic rings. The summed E-state index contributed by atoms with van der Waals surface area (Å²) in [6.45, 7) is 1.30. The summed E-state index contributed by atoms with van der Waals surface area (Å²) in [7, 11) is -9.27. The van der Waals surface area contributed by atoms with Crippen molar-refractivity contribution in [3.05, 3.63) is 0 Å². The molecule has 0 aromatic rings. The van der Waals surface area contributed by atoms with Crippen molar-refractivity contribution in [1.29, 1.82) is 0 Å². The molecule has 0 fully saturated rings. The number of hydrogen-bond donors (Lipinski definition) is 3. The molecule has 0 bridgehead atoms. The summed E-state index contributed by atoms with van der Waals surface area (Å²) in [6.07, 6.45) is 0. The minimum Gasteiger partial charge on any atom is -0.322 e. The van der Waals surface area contributed by atoms with Crippen LogP contribution >= 0.6 is 47.1 Å². The molecule has 0 radical (unpaired) electrons. The molecule has 0 amide bonds. The Labute approximate surface area is 91.6 Å². The van der Waals surface area contributed by atoms with Crippen LogP contribution in [0.25, 0.3) is 0 Å². The Hall–Kier alpha value is 1.26. The first-order valence-electron chi connectivity index (χ1n) is 2.97. The number of alkyl halides is 2. The van der Waals surface area contributed by atoms with Crippen molar-refractivity contribution in [3.63, 3.8) is 0 Å². The molecule has 0 aromatic heterocycles. The highest BCUT2D eigenvalue weighted by Crippen LogP contribution is 2.77. The van der Waals surface area contributed by atoms with E-state index in [2.05, 4.69) is 36.4 Å². The molecule has 0 spiro atoms. The second kappa shape index (κ2) is 4.41. The van der Waals surface area contributed by atoms with Crippen LogP contribution in [-0.4, -0.2) is 24.0 Å². The molecular weight excluding hydrogens is 354 g/mol. The van der Waals surface area contributed by atoms with Gasteiger partial charge in [-0.15, -0.1) is 0 Å². The maximum Gasteiger partial charge on any atom is 0.367 e. The van der Waals surface area contributed by atoms with Crippen LogP contribution in [0.1, 0.15) is 6.92 Å². The molecular formula is C3H8Br2O6P2. The summed E-state index contributed by atoms with van der Waals surface area (Å²) in [5, 5.41) is 0. The van der Waals surface area contributed by atoms with Crippen molar-refractivity contribution in [1.82, 2.24) is 0 Å². The highest BCUT2D eigenvalue weighted by Gasteiger charge is 2.58. The lowest BCUT2D eigenvalue weighted by atomic mass is 10.9. The summed E-state index contributed by atoms with van der Waals surface area (Å²) >= 11 is 4.88. The Morgan fingerprint density at radius 1 is 1.31 bits per heavy atom. The van der Waals surface area contributed by atoms with Crippen molar-refractivity contribution in [2.24, 2.45) is 0 Å². The molecule has 10 heteroatoms. The van der Waals surface area contributed by atoms with E-state index in [0.29, 0.717) is 0 Å². The van der Waals surface area contributed by atoms with Crippen LogP contribution in [-0.2, 0) is 13.7 Å². The van der Waals surface area contributed by atoms with E-state index in [1.165, 1.54) is 6.92 Å². The van der Waals surface area contributed by atoms with E-state index in [0.717, 1.165) is 0 Å². The summed E-state index contributed by atoms with van der Waals surface area (Å²) in [5.74, 6) is 0. The van der Waals surface area contributed by atoms with E-state index in [1.54, 1.807) is 0 Å². The van der Waals surface area contributed by atoms with E-state index >= 15 is 0 Å². The lowest BCUT2D eigenvalue weighted by molar-refractivity contribution is 0.270. The maximum absolute atomic E-state index is 11.2. The van der Waals surface area contributed by atoms with Gasteiger partial charge in [-0.1, -0.05) is 0 Å². The van der Waals surface area contributed by atoms with E-state index in [-0.39, 0.29) is 6.61 Å². The van der Waals surface area contributed by atoms with Crippen LogP contribution in [0.4, 0.5) is 0 Å². The predicted molar refractivity (Wildman–Crippen MR) is 54.1 cm³/mol. The molecule has 80 valence electrons. The van der Waals surface area contributed by atoms with E-state index in [1.807, 2.05) is 0 Å². The van der Waals surface area contributed by atoms with Crippen LogP contribution in [0.15, 0.2) is 0 Å². The summed E-state index contributed by atoms with van der Waals surface area (Å²) in [6, 6.07) is 0. The molecule has 3 N–H and O–H groups in total. The largest absolute Gasteiger partial charge is 0.367 e. The van der Waals surface area contributed by atoms with Gasteiger partial charge in [-0.25, -0.2) is 0 Å². The lowest BCUT2D eigenvalue weighted by Gasteiger charge is -2.25. The van der Waals surface area contributed by atoms with Gasteiger partial charge in [0.05, 0.1) is 6.61 Å². The third-order valence-corrected chi connectivity index (χ3v) is 9.98. The molecule has 1 atom stereocenters. The van der Waals surface area contributed by atoms with Crippen LogP contribution in [0.2, 0.25) is 0 Å². The molecule has 0 aliphatic heterocycles. The van der Waals surface area contributed by atoms with Gasteiger partial charge in [-0.3, -0.25) is 9.13 Å². The Balaban J connectivity index is 5.05. The van der Waals surface area contributed by atoms with Crippen molar-refractivity contribution in [3.8, 4) is 0 Å². The quantitative estimate of drug-likeness (QED) is 0.521. The minimum absolute atomic E-state index is 0.132. The first-order chi connectivity index (χ1) is 5.56. The van der Waals surface area contributed by atoms with Crippen LogP contribution in [0, 0.1) is 0 Å². The van der Waals surface area contributed by atoms with Crippen LogP contribution in [0.3, 0.4) is 0 Å². The topological polar surface area (TPSA) is 104 Å². The second-order valence-corrected chi connectivity index (χ2v) is 12.0. The molecule has 0 rings (SSSR count). The van der Waals surface area contributed by atoms with Crippen molar-refractivity contribution in [2.45, 2.75) is 9.64 Å². The fourth-order valence-corrected chi connectivity index (χ4v) is 3.03. The van der Waals surface area contributed by atoms with Gasteiger partial charge in [-0.05, 0) is 38.8 Å². The van der Waals surface area contributed by atoms with Crippen LogP contribution in [0.5, 0.6) is 0 Å². The Kier molecular flexibility index (Phi) is 4.84. The van der Waals surface area contributed by atoms with E-state index in [4.69, 9.17) is 14.7 Å². The third-order valence-electron chi connectivity index (χ3n) is 0.995. The third kappa shape index (κ3) is 3.11. The first kappa shape index (κ1) is 14.3. The maximum atomic E-state index is 11.2. The van der Waals surface area contributed by atoms with Gasteiger partial charge in [0.25, 0.3) is 2.72 Å². The highest BCUT2D eigenvalue weighted by molar-refractivity contribution is 9.29. The standard InChI is InChI=1S/C3H8Br2O6P2/c1-2-11-13(9,10)3(4,5)12(6,7)8/h2H2,1H3,(H,9,10)(H2,6,7,8). The lowest BCUT2D eigenvalue weighted by Crippen LogP contribution is -2.14. The zero-order valence-electron chi connectivity index (χ0n) is 6.42. The smallest absolute Gasteiger partial charge is 0.322 e. The molecule has 0 aromatic carbocycles. The van der Waals surface area contributed by atoms with Gasteiger partial charge < -0.3 is 19.2 Å². The number of rotatable bonds is 4. The molecule has 13 heavy (non-hydrogen) atoms. The number of halogens is 2. The fourth-order valence-electron chi connectivity index (χ4n) is 0.417. The molecule has 1 unspecified atom stereocenters. The molecule has 0 heterocycles. The molecule has 0 saturated heterocycles. The average Bonchev–Trinajstić information content (AvgIpc) is 1.84. The van der Waals surface area contributed by atoms with Crippen molar-refractivity contribution < 1.29 is 28.3 Å². The monoisotopic (exact) mass is 360 g/mol. The van der Waals surface area contributed by atoms with E-state index < -0.39 is 17.9 Å². The van der Waals surface area contributed by atoms with Gasteiger partial charge in [0.15, 0.2) is 0 Å².